The summed E-state index contributed by atoms with van der Waals surface area (Å²) in [4.78, 5) is 10.5. The summed E-state index contributed by atoms with van der Waals surface area (Å²) in [5.74, 6) is -0.562. The molecule has 1 aromatic carbocycles. The molecule has 180 valence electrons. The Balaban J connectivity index is 1.58. The van der Waals surface area contributed by atoms with E-state index in [1.54, 1.807) is 24.5 Å². The van der Waals surface area contributed by atoms with Crippen molar-refractivity contribution in [3.05, 3.63) is 41.5 Å². The third kappa shape index (κ3) is 3.77. The number of aryl methyl sites for hydroxylation is 3. The summed E-state index contributed by atoms with van der Waals surface area (Å²) in [5.41, 5.74) is 1.73. The molecule has 0 aliphatic carbocycles. The molecule has 1 saturated heterocycles. The number of fused-ring (bicyclic) bond motifs is 2. The normalized spacial score (nSPS) is 19.4. The van der Waals surface area contributed by atoms with Crippen LogP contribution in [0.15, 0.2) is 18.3 Å². The van der Waals surface area contributed by atoms with Gasteiger partial charge in [-0.3, -0.25) is 0 Å². The highest BCUT2D eigenvalue weighted by Crippen LogP contribution is 2.34. The second-order valence-corrected chi connectivity index (χ2v) is 8.81. The zero-order chi connectivity index (χ0) is 24.1. The molecule has 0 amide bonds. The molecule has 2 atom stereocenters. The summed E-state index contributed by atoms with van der Waals surface area (Å²) >= 11 is 0. The lowest BCUT2D eigenvalue weighted by Crippen LogP contribution is -2.46. The molecule has 1 fully saturated rings. The summed E-state index contributed by atoms with van der Waals surface area (Å²) in [6.45, 7) is 3.80. The van der Waals surface area contributed by atoms with Gasteiger partial charge in [-0.25, -0.2) is 32.0 Å². The Bertz CT molecular complexity index is 1380. The third-order valence-corrected chi connectivity index (χ3v) is 6.41. The second-order valence-electron chi connectivity index (χ2n) is 8.81. The van der Waals surface area contributed by atoms with Crippen LogP contribution in [0.5, 0.6) is 0 Å². The minimum absolute atomic E-state index is 0.0217. The Morgan fingerprint density at radius 2 is 1.94 bits per heavy atom. The predicted molar refractivity (Wildman–Crippen MR) is 121 cm³/mol. The van der Waals surface area contributed by atoms with E-state index in [1.807, 2.05) is 11.9 Å². The van der Waals surface area contributed by atoms with Crippen LogP contribution in [0.1, 0.15) is 17.9 Å². The van der Waals surface area contributed by atoms with Gasteiger partial charge in [-0.15, -0.1) is 5.10 Å². The number of anilines is 1. The van der Waals surface area contributed by atoms with E-state index >= 15 is 4.39 Å². The minimum Gasteiger partial charge on any atom is -0.347 e. The van der Waals surface area contributed by atoms with Gasteiger partial charge in [0.15, 0.2) is 11.6 Å². The van der Waals surface area contributed by atoms with E-state index in [2.05, 4.69) is 20.4 Å². The van der Waals surface area contributed by atoms with Gasteiger partial charge in [0.2, 0.25) is 5.95 Å². The van der Waals surface area contributed by atoms with E-state index in [0.29, 0.717) is 35.5 Å². The number of nitrogens with one attached hydrogen (secondary N) is 1. The van der Waals surface area contributed by atoms with Crippen LogP contribution < -0.4 is 5.32 Å². The lowest BCUT2D eigenvalue weighted by atomic mass is 10.0. The number of hydrogen-bond acceptors (Lipinski definition) is 5. The Kier molecular flexibility index (Phi) is 5.67. The molecule has 4 heterocycles. The fourth-order valence-corrected chi connectivity index (χ4v) is 4.76. The van der Waals surface area contributed by atoms with Crippen molar-refractivity contribution in [1.82, 2.24) is 29.0 Å². The second kappa shape index (κ2) is 8.53. The fraction of sp³-hybridized carbons (Fsp3) is 0.435. The van der Waals surface area contributed by atoms with E-state index in [0.717, 1.165) is 6.54 Å². The van der Waals surface area contributed by atoms with E-state index in [-0.39, 0.29) is 29.1 Å². The molecule has 1 aliphatic heterocycles. The number of halogens is 4. The number of piperidine rings is 1. The minimum atomic E-state index is -1.08. The van der Waals surface area contributed by atoms with Gasteiger partial charge >= 0.3 is 0 Å². The van der Waals surface area contributed by atoms with E-state index in [1.165, 1.54) is 16.8 Å². The van der Waals surface area contributed by atoms with Gasteiger partial charge in [0, 0.05) is 18.7 Å². The third-order valence-electron chi connectivity index (χ3n) is 6.41. The smallest absolute Gasteiger partial charge is 0.241 e. The van der Waals surface area contributed by atoms with Crippen LogP contribution in [0, 0.1) is 25.5 Å². The Morgan fingerprint density at radius 3 is 2.68 bits per heavy atom. The Labute approximate surface area is 193 Å². The standard InChI is InChI=1S/C23H25F4N7/c1-12-22-20(14-8-15(25)21-19(9-14)33(7-5-24)13(2)29-21)17(27)11-34(22)31-23(28-12)30-18-4-6-32(3)10-16(18)26/h8-9,11,16,18H,4-7,10H2,1-3H3,(H,30,31)/t16-,18?/m0/s1. The number of hydrogen-bond donors (Lipinski definition) is 1. The van der Waals surface area contributed by atoms with Crippen LogP contribution in [0.25, 0.3) is 27.7 Å². The number of rotatable bonds is 5. The number of nitrogens with zero attached hydrogens (tertiary/aromatic N) is 6. The maximum atomic E-state index is 15.2. The molecular weight excluding hydrogens is 450 g/mol. The molecule has 4 aromatic rings. The largest absolute Gasteiger partial charge is 0.347 e. The number of benzene rings is 1. The molecule has 0 radical (unpaired) electrons. The van der Waals surface area contributed by atoms with Crippen molar-refractivity contribution >= 4 is 22.5 Å². The number of aromatic nitrogens is 5. The van der Waals surface area contributed by atoms with Crippen LogP contribution in [0.2, 0.25) is 0 Å². The number of likely N-dealkylation sites (tertiary alicyclic amines) is 1. The van der Waals surface area contributed by atoms with Crippen LogP contribution in [-0.4, -0.2) is 68.1 Å². The first-order valence-electron chi connectivity index (χ1n) is 11.1. The van der Waals surface area contributed by atoms with Gasteiger partial charge in [0.1, 0.15) is 24.2 Å². The van der Waals surface area contributed by atoms with Crippen molar-refractivity contribution in [3.8, 4) is 11.1 Å². The van der Waals surface area contributed by atoms with Crippen molar-refractivity contribution in [2.75, 3.05) is 32.1 Å². The van der Waals surface area contributed by atoms with Crippen LogP contribution in [0.3, 0.4) is 0 Å². The van der Waals surface area contributed by atoms with Crippen LogP contribution >= 0.6 is 0 Å². The molecule has 34 heavy (non-hydrogen) atoms. The maximum Gasteiger partial charge on any atom is 0.241 e. The summed E-state index contributed by atoms with van der Waals surface area (Å²) < 4.78 is 60.5. The Hall–Kier alpha value is -3.21. The highest BCUT2D eigenvalue weighted by molar-refractivity contribution is 5.89. The zero-order valence-electron chi connectivity index (χ0n) is 19.1. The number of alkyl halides is 2. The van der Waals surface area contributed by atoms with Gasteiger partial charge in [-0.05, 0) is 45.0 Å². The zero-order valence-corrected chi connectivity index (χ0v) is 19.1. The first-order valence-corrected chi connectivity index (χ1v) is 11.1. The molecule has 1 N–H and O–H groups in total. The predicted octanol–water partition coefficient (Wildman–Crippen LogP) is 4.06. The molecule has 11 heteroatoms. The average molecular weight is 475 g/mol. The summed E-state index contributed by atoms with van der Waals surface area (Å²) in [6, 6.07) is 2.37. The van der Waals surface area contributed by atoms with Gasteiger partial charge < -0.3 is 14.8 Å². The van der Waals surface area contributed by atoms with E-state index in [9.17, 15) is 13.2 Å². The highest BCUT2D eigenvalue weighted by Gasteiger charge is 2.28. The molecule has 3 aromatic heterocycles. The quantitative estimate of drug-likeness (QED) is 0.441. The molecule has 1 aliphatic rings. The van der Waals surface area contributed by atoms with E-state index in [4.69, 9.17) is 0 Å². The SMILES string of the molecule is Cc1nc(NC2CCN(C)C[C@@H]2F)nn2cc(F)c(-c3cc(F)c4nc(C)n(CCF)c4c3)c12. The fourth-order valence-electron chi connectivity index (χ4n) is 4.76. The number of imidazole rings is 1. The molecule has 0 saturated carbocycles. The molecular formula is C23H25F4N7. The van der Waals surface area contributed by atoms with E-state index < -0.39 is 30.5 Å². The van der Waals surface area contributed by atoms with Crippen molar-refractivity contribution < 1.29 is 17.6 Å². The van der Waals surface area contributed by atoms with Crippen molar-refractivity contribution in [2.45, 2.75) is 39.0 Å². The lowest BCUT2D eigenvalue weighted by Gasteiger charge is -2.32. The van der Waals surface area contributed by atoms with Crippen molar-refractivity contribution in [3.63, 3.8) is 0 Å². The van der Waals surface area contributed by atoms with Gasteiger partial charge in [0.05, 0.1) is 35.5 Å². The van der Waals surface area contributed by atoms with Gasteiger partial charge in [-0.1, -0.05) is 0 Å². The molecule has 0 bridgehead atoms. The van der Waals surface area contributed by atoms with Crippen molar-refractivity contribution in [2.24, 2.45) is 0 Å². The topological polar surface area (TPSA) is 63.3 Å². The molecule has 5 rings (SSSR count). The molecule has 7 nitrogen and oxygen atoms in total. The first-order chi connectivity index (χ1) is 16.3. The lowest BCUT2D eigenvalue weighted by molar-refractivity contribution is 0.149. The summed E-state index contributed by atoms with van der Waals surface area (Å²) in [6.07, 6.45) is 0.704. The van der Waals surface area contributed by atoms with Crippen molar-refractivity contribution in [1.29, 1.82) is 0 Å². The van der Waals surface area contributed by atoms with Gasteiger partial charge in [0.25, 0.3) is 0 Å². The molecule has 0 spiro atoms. The Morgan fingerprint density at radius 1 is 1.15 bits per heavy atom. The van der Waals surface area contributed by atoms with Gasteiger partial charge in [-0.2, -0.15) is 0 Å². The average Bonchev–Trinajstić information content (AvgIpc) is 3.27. The summed E-state index contributed by atoms with van der Waals surface area (Å²) in [7, 11) is 1.87. The van der Waals surface area contributed by atoms with Crippen LogP contribution in [0.4, 0.5) is 23.5 Å². The van der Waals surface area contributed by atoms with Crippen LogP contribution in [-0.2, 0) is 6.54 Å². The first kappa shape index (κ1) is 22.6. The summed E-state index contributed by atoms with van der Waals surface area (Å²) in [5, 5.41) is 7.38. The monoisotopic (exact) mass is 475 g/mol. The molecule has 1 unspecified atom stereocenters. The maximum absolute atomic E-state index is 15.2. The highest BCUT2D eigenvalue weighted by atomic mass is 19.1.